The van der Waals surface area contributed by atoms with Crippen molar-refractivity contribution in [1.29, 1.82) is 0 Å². The van der Waals surface area contributed by atoms with Gasteiger partial charge in [0.05, 0.1) is 0 Å². The van der Waals surface area contributed by atoms with Crippen molar-refractivity contribution in [3.63, 3.8) is 0 Å². The summed E-state index contributed by atoms with van der Waals surface area (Å²) >= 11 is 0. The Balaban J connectivity index is 1.69. The number of rotatable bonds is 8. The van der Waals surface area contributed by atoms with Crippen LogP contribution in [0, 0.1) is 12.3 Å². The van der Waals surface area contributed by atoms with Crippen molar-refractivity contribution in [2.75, 3.05) is 19.6 Å². The number of carbonyl (C=O) groups is 1. The van der Waals surface area contributed by atoms with Crippen LogP contribution in [-0.2, 0) is 4.79 Å². The predicted molar refractivity (Wildman–Crippen MR) is 82.8 cm³/mol. The molecule has 5 nitrogen and oxygen atoms in total. The second-order valence-electron chi connectivity index (χ2n) is 6.80. The van der Waals surface area contributed by atoms with E-state index in [0.717, 1.165) is 26.1 Å². The van der Waals surface area contributed by atoms with Crippen LogP contribution in [-0.4, -0.2) is 41.6 Å². The van der Waals surface area contributed by atoms with Crippen molar-refractivity contribution < 1.29 is 4.79 Å². The van der Waals surface area contributed by atoms with Crippen LogP contribution < -0.4 is 5.32 Å². The Kier molecular flexibility index (Phi) is 5.00. The van der Waals surface area contributed by atoms with Crippen LogP contribution in [0.1, 0.15) is 52.4 Å². The molecule has 21 heavy (non-hydrogen) atoms. The maximum Gasteiger partial charge on any atom is 0.220 e. The highest BCUT2D eigenvalue weighted by molar-refractivity contribution is 5.76. The summed E-state index contributed by atoms with van der Waals surface area (Å²) in [6, 6.07) is 0. The smallest absolute Gasteiger partial charge is 0.220 e. The average molecular weight is 290 g/mol. The van der Waals surface area contributed by atoms with Crippen molar-refractivity contribution >= 4 is 5.91 Å². The van der Waals surface area contributed by atoms with Crippen LogP contribution in [0.5, 0.6) is 0 Å². The maximum atomic E-state index is 12.1. The molecule has 0 bridgehead atoms. The quantitative estimate of drug-likeness (QED) is 0.698. The molecule has 1 saturated heterocycles. The SMILES string of the molecule is C#CCCC1(CCC(=O)NC(C)(C)CN2CCCC2)N=N1. The number of hydrogen-bond donors (Lipinski definition) is 1. The van der Waals surface area contributed by atoms with Crippen molar-refractivity contribution in [2.45, 2.75) is 63.6 Å². The summed E-state index contributed by atoms with van der Waals surface area (Å²) in [5, 5.41) is 11.3. The fourth-order valence-electron chi connectivity index (χ4n) is 2.96. The molecule has 0 spiro atoms. The monoisotopic (exact) mass is 290 g/mol. The van der Waals surface area contributed by atoms with Crippen LogP contribution >= 0.6 is 0 Å². The Morgan fingerprint density at radius 3 is 2.57 bits per heavy atom. The zero-order chi connectivity index (χ0) is 15.3. The van der Waals surface area contributed by atoms with Gasteiger partial charge in [0.1, 0.15) is 0 Å². The highest BCUT2D eigenvalue weighted by Gasteiger charge is 2.39. The van der Waals surface area contributed by atoms with E-state index in [0.29, 0.717) is 19.3 Å². The number of nitrogens with one attached hydrogen (secondary N) is 1. The van der Waals surface area contributed by atoms with Gasteiger partial charge in [-0.1, -0.05) is 0 Å². The standard InChI is InChI=1S/C16H26N4O/c1-4-5-9-16(18-19-16)10-8-14(21)17-15(2,3)13-20-11-6-7-12-20/h1H,5-13H2,2-3H3,(H,17,21). The van der Waals surface area contributed by atoms with E-state index in [-0.39, 0.29) is 17.1 Å². The normalized spacial score (nSPS) is 20.2. The number of terminal acetylenes is 1. The summed E-state index contributed by atoms with van der Waals surface area (Å²) in [5.74, 6) is 2.68. The summed E-state index contributed by atoms with van der Waals surface area (Å²) in [7, 11) is 0. The van der Waals surface area contributed by atoms with Crippen LogP contribution in [0.15, 0.2) is 10.2 Å². The largest absolute Gasteiger partial charge is 0.350 e. The lowest BCUT2D eigenvalue weighted by molar-refractivity contribution is -0.123. The van der Waals surface area contributed by atoms with E-state index in [9.17, 15) is 4.79 Å². The van der Waals surface area contributed by atoms with Gasteiger partial charge in [0.15, 0.2) is 5.66 Å². The first kappa shape index (κ1) is 16.0. The molecule has 5 heteroatoms. The van der Waals surface area contributed by atoms with Gasteiger partial charge in [-0.2, -0.15) is 10.2 Å². The summed E-state index contributed by atoms with van der Waals surface area (Å²) in [4.78, 5) is 14.5. The second kappa shape index (κ2) is 6.57. The van der Waals surface area contributed by atoms with E-state index < -0.39 is 0 Å². The first-order valence-corrected chi connectivity index (χ1v) is 7.86. The molecule has 0 aliphatic carbocycles. The predicted octanol–water partition coefficient (Wildman–Crippen LogP) is 2.33. The lowest BCUT2D eigenvalue weighted by Gasteiger charge is -2.31. The van der Waals surface area contributed by atoms with Crippen LogP contribution in [0.2, 0.25) is 0 Å². The van der Waals surface area contributed by atoms with Gasteiger partial charge in [-0.05, 0) is 39.8 Å². The lowest BCUT2D eigenvalue weighted by atomic mass is 10.0. The van der Waals surface area contributed by atoms with E-state index in [1.54, 1.807) is 0 Å². The van der Waals surface area contributed by atoms with Crippen molar-refractivity contribution in [3.05, 3.63) is 0 Å². The molecule has 0 aromatic carbocycles. The third kappa shape index (κ3) is 5.13. The Morgan fingerprint density at radius 2 is 2.00 bits per heavy atom. The molecule has 116 valence electrons. The van der Waals surface area contributed by atoms with Gasteiger partial charge in [0.2, 0.25) is 5.91 Å². The fourth-order valence-corrected chi connectivity index (χ4v) is 2.96. The molecule has 0 radical (unpaired) electrons. The van der Waals surface area contributed by atoms with E-state index in [1.165, 1.54) is 12.8 Å². The molecular formula is C16H26N4O. The molecule has 0 atom stereocenters. The van der Waals surface area contributed by atoms with Gasteiger partial charge >= 0.3 is 0 Å². The summed E-state index contributed by atoms with van der Waals surface area (Å²) in [6.07, 6.45) is 10.3. The first-order valence-electron chi connectivity index (χ1n) is 7.86. The second-order valence-corrected chi connectivity index (χ2v) is 6.80. The van der Waals surface area contributed by atoms with Crippen LogP contribution in [0.4, 0.5) is 0 Å². The zero-order valence-corrected chi connectivity index (χ0v) is 13.2. The molecule has 2 rings (SSSR count). The highest BCUT2D eigenvalue weighted by atomic mass is 16.1. The Hall–Kier alpha value is -1.41. The number of hydrogen-bond acceptors (Lipinski definition) is 4. The molecule has 2 heterocycles. The van der Waals surface area contributed by atoms with Crippen LogP contribution in [0.25, 0.3) is 0 Å². The Labute approximate surface area is 127 Å². The molecule has 1 amide bonds. The molecule has 1 N–H and O–H groups in total. The minimum Gasteiger partial charge on any atom is -0.350 e. The molecule has 2 aliphatic rings. The fraction of sp³-hybridized carbons (Fsp3) is 0.812. The lowest BCUT2D eigenvalue weighted by Crippen LogP contribution is -2.51. The third-order valence-corrected chi connectivity index (χ3v) is 4.10. The van der Waals surface area contributed by atoms with E-state index >= 15 is 0 Å². The third-order valence-electron chi connectivity index (χ3n) is 4.10. The molecule has 0 saturated carbocycles. The zero-order valence-electron chi connectivity index (χ0n) is 13.2. The minimum absolute atomic E-state index is 0.0802. The van der Waals surface area contributed by atoms with Crippen molar-refractivity contribution in [1.82, 2.24) is 10.2 Å². The van der Waals surface area contributed by atoms with E-state index in [1.807, 2.05) is 0 Å². The van der Waals surface area contributed by atoms with Gasteiger partial charge in [0.25, 0.3) is 0 Å². The van der Waals surface area contributed by atoms with Gasteiger partial charge in [-0.15, -0.1) is 12.3 Å². The van der Waals surface area contributed by atoms with Crippen molar-refractivity contribution in [3.8, 4) is 12.3 Å². The summed E-state index contributed by atoms with van der Waals surface area (Å²) in [6.45, 7) is 7.38. The van der Waals surface area contributed by atoms with Crippen molar-refractivity contribution in [2.24, 2.45) is 10.2 Å². The number of likely N-dealkylation sites (tertiary alicyclic amines) is 1. The Morgan fingerprint density at radius 1 is 1.33 bits per heavy atom. The van der Waals surface area contributed by atoms with E-state index in [4.69, 9.17) is 6.42 Å². The molecule has 1 fully saturated rings. The van der Waals surface area contributed by atoms with Gasteiger partial charge < -0.3 is 10.2 Å². The average Bonchev–Trinajstić information content (AvgIpc) is 3.02. The van der Waals surface area contributed by atoms with Gasteiger partial charge in [0, 0.05) is 37.8 Å². The number of carbonyl (C=O) groups excluding carboxylic acids is 1. The highest BCUT2D eigenvalue weighted by Crippen LogP contribution is 2.37. The molecule has 0 aromatic heterocycles. The number of amides is 1. The topological polar surface area (TPSA) is 57.1 Å². The first-order chi connectivity index (χ1) is 9.95. The number of nitrogens with zero attached hydrogens (tertiary/aromatic N) is 3. The van der Waals surface area contributed by atoms with Crippen LogP contribution in [0.3, 0.4) is 0 Å². The van der Waals surface area contributed by atoms with Gasteiger partial charge in [-0.3, -0.25) is 4.79 Å². The maximum absolute atomic E-state index is 12.1. The van der Waals surface area contributed by atoms with Gasteiger partial charge in [-0.25, -0.2) is 0 Å². The Bertz CT molecular complexity index is 438. The molecular weight excluding hydrogens is 264 g/mol. The molecule has 2 aliphatic heterocycles. The summed E-state index contributed by atoms with van der Waals surface area (Å²) < 4.78 is 0. The molecule has 0 aromatic rings. The minimum atomic E-state index is -0.358. The van der Waals surface area contributed by atoms with E-state index in [2.05, 4.69) is 40.2 Å². The molecule has 0 unspecified atom stereocenters. The summed E-state index contributed by atoms with van der Waals surface area (Å²) in [5.41, 5.74) is -0.548.